The lowest BCUT2D eigenvalue weighted by Gasteiger charge is -2.29. The highest BCUT2D eigenvalue weighted by Gasteiger charge is 2.27. The van der Waals surface area contributed by atoms with E-state index in [1.165, 1.54) is 20.0 Å². The largest absolute Gasteiger partial charge is 0.493 e. The fourth-order valence-electron chi connectivity index (χ4n) is 5.22. The molecule has 0 atom stereocenters. The number of H-pyrrole nitrogens is 1. The first-order valence-electron chi connectivity index (χ1n) is 13.2. The molecule has 0 radical (unpaired) electrons. The van der Waals surface area contributed by atoms with Gasteiger partial charge in [0.2, 0.25) is 5.91 Å². The smallest absolute Gasteiger partial charge is 0.255 e. The molecule has 8 heteroatoms. The van der Waals surface area contributed by atoms with Gasteiger partial charge in [-0.2, -0.15) is 0 Å². The molecule has 0 saturated heterocycles. The number of nitrogens with one attached hydrogen (secondary N) is 3. The summed E-state index contributed by atoms with van der Waals surface area (Å²) in [6, 6.07) is 8.42. The van der Waals surface area contributed by atoms with Crippen LogP contribution < -0.4 is 15.4 Å². The maximum absolute atomic E-state index is 13.4. The Balaban J connectivity index is 1.34. The van der Waals surface area contributed by atoms with Crippen LogP contribution in [-0.4, -0.2) is 54.2 Å². The molecule has 0 spiro atoms. The van der Waals surface area contributed by atoms with Gasteiger partial charge in [-0.1, -0.05) is 11.6 Å². The standard InChI is InChI=1S/C29H36N4O4/c1-17-4-11-24(37-15-19-5-6-19)23(14-17)22-12-13-30-28-26(18(2)31-27(22)28)29(35)33-21-9-7-20(8-10-21)32-25(34)16-36-3/h4,11-14,19-21,31H,5-10,15-16H2,1-3H3,(H,32,34)(H,33,35)/t20-,21+. The molecule has 3 N–H and O–H groups in total. The van der Waals surface area contributed by atoms with Crippen LogP contribution in [0.25, 0.3) is 22.2 Å². The minimum atomic E-state index is -0.116. The quantitative estimate of drug-likeness (QED) is 0.400. The summed E-state index contributed by atoms with van der Waals surface area (Å²) in [6.45, 7) is 4.80. The number of hydrogen-bond donors (Lipinski definition) is 3. The second-order valence-electron chi connectivity index (χ2n) is 10.5. The second-order valence-corrected chi connectivity index (χ2v) is 10.5. The van der Waals surface area contributed by atoms with Crippen LogP contribution in [0.1, 0.15) is 60.1 Å². The zero-order valence-electron chi connectivity index (χ0n) is 21.9. The average molecular weight is 505 g/mol. The Bertz CT molecular complexity index is 1290. The summed E-state index contributed by atoms with van der Waals surface area (Å²) < 4.78 is 11.1. The molecule has 2 aliphatic rings. The molecule has 2 aromatic heterocycles. The van der Waals surface area contributed by atoms with Gasteiger partial charge in [-0.15, -0.1) is 0 Å². The lowest BCUT2D eigenvalue weighted by atomic mass is 9.91. The van der Waals surface area contributed by atoms with Crippen molar-refractivity contribution in [3.63, 3.8) is 0 Å². The summed E-state index contributed by atoms with van der Waals surface area (Å²) in [6.07, 6.45) is 7.52. The second kappa shape index (κ2) is 10.9. The molecule has 0 unspecified atom stereocenters. The van der Waals surface area contributed by atoms with Crippen LogP contribution in [0.4, 0.5) is 0 Å². The van der Waals surface area contributed by atoms with Crippen LogP contribution in [0.3, 0.4) is 0 Å². The Morgan fingerprint density at radius 3 is 2.43 bits per heavy atom. The fraction of sp³-hybridized carbons (Fsp3) is 0.483. The molecule has 3 aromatic rings. The third-order valence-electron chi connectivity index (χ3n) is 7.40. The number of aromatic nitrogens is 2. The molecule has 8 nitrogen and oxygen atoms in total. The molecule has 0 aliphatic heterocycles. The normalized spacial score (nSPS) is 19.5. The molecule has 2 saturated carbocycles. The summed E-state index contributed by atoms with van der Waals surface area (Å²) in [5, 5.41) is 6.21. The third kappa shape index (κ3) is 5.80. The van der Waals surface area contributed by atoms with Gasteiger partial charge in [0.25, 0.3) is 5.91 Å². The zero-order chi connectivity index (χ0) is 25.9. The molecule has 2 aliphatic carbocycles. The predicted octanol–water partition coefficient (Wildman–Crippen LogP) is 4.44. The average Bonchev–Trinajstić information content (AvgIpc) is 3.64. The van der Waals surface area contributed by atoms with Crippen molar-refractivity contribution < 1.29 is 19.1 Å². The maximum atomic E-state index is 13.4. The predicted molar refractivity (Wildman–Crippen MR) is 143 cm³/mol. The Hall–Kier alpha value is -3.39. The van der Waals surface area contributed by atoms with Crippen molar-refractivity contribution in [3.05, 3.63) is 47.3 Å². The maximum Gasteiger partial charge on any atom is 0.255 e. The van der Waals surface area contributed by atoms with E-state index < -0.39 is 0 Å². The first-order chi connectivity index (χ1) is 17.9. The summed E-state index contributed by atoms with van der Waals surface area (Å²) in [5.41, 5.74) is 6.03. The number of nitrogens with zero attached hydrogens (tertiary/aromatic N) is 1. The van der Waals surface area contributed by atoms with E-state index in [0.717, 1.165) is 65.9 Å². The van der Waals surface area contributed by atoms with Crippen LogP contribution >= 0.6 is 0 Å². The first-order valence-corrected chi connectivity index (χ1v) is 13.2. The number of carbonyl (C=O) groups excluding carboxylic acids is 2. The van der Waals surface area contributed by atoms with Gasteiger partial charge in [0, 0.05) is 42.2 Å². The van der Waals surface area contributed by atoms with Gasteiger partial charge in [0.15, 0.2) is 0 Å². The molecular formula is C29H36N4O4. The van der Waals surface area contributed by atoms with Crippen molar-refractivity contribution in [1.29, 1.82) is 0 Å². The highest BCUT2D eigenvalue weighted by Crippen LogP contribution is 2.38. The molecule has 2 fully saturated rings. The summed E-state index contributed by atoms with van der Waals surface area (Å²) in [4.78, 5) is 33.3. The highest BCUT2D eigenvalue weighted by molar-refractivity contribution is 6.09. The van der Waals surface area contributed by atoms with E-state index >= 15 is 0 Å². The summed E-state index contributed by atoms with van der Waals surface area (Å²) >= 11 is 0. The highest BCUT2D eigenvalue weighted by atomic mass is 16.5. The number of ether oxygens (including phenoxy) is 2. The van der Waals surface area contributed by atoms with E-state index in [1.807, 2.05) is 19.1 Å². The molecule has 2 heterocycles. The van der Waals surface area contributed by atoms with E-state index in [2.05, 4.69) is 39.7 Å². The lowest BCUT2D eigenvalue weighted by molar-refractivity contribution is -0.125. The Labute approximate surface area is 217 Å². The molecule has 0 bridgehead atoms. The van der Waals surface area contributed by atoms with Crippen molar-refractivity contribution in [3.8, 4) is 16.9 Å². The molecule has 1 aromatic carbocycles. The van der Waals surface area contributed by atoms with Crippen molar-refractivity contribution in [2.24, 2.45) is 5.92 Å². The zero-order valence-corrected chi connectivity index (χ0v) is 21.9. The SMILES string of the molecule is COCC(=O)N[C@H]1CC[C@@H](NC(=O)c2c(C)[nH]c3c(-c4cc(C)ccc4OCC4CC4)ccnc23)CC1. The van der Waals surface area contributed by atoms with Gasteiger partial charge in [-0.3, -0.25) is 14.6 Å². The van der Waals surface area contributed by atoms with Gasteiger partial charge < -0.3 is 25.1 Å². The van der Waals surface area contributed by atoms with Gasteiger partial charge in [-0.05, 0) is 76.5 Å². The van der Waals surface area contributed by atoms with Crippen LogP contribution in [0.15, 0.2) is 30.5 Å². The third-order valence-corrected chi connectivity index (χ3v) is 7.40. The Kier molecular flexibility index (Phi) is 7.46. The van der Waals surface area contributed by atoms with Crippen LogP contribution in [0.5, 0.6) is 5.75 Å². The van der Waals surface area contributed by atoms with E-state index in [1.54, 1.807) is 6.20 Å². The topological polar surface area (TPSA) is 105 Å². The number of rotatable bonds is 9. The number of methoxy groups -OCH3 is 1. The van der Waals surface area contributed by atoms with Crippen molar-refractivity contribution in [1.82, 2.24) is 20.6 Å². The first kappa shape index (κ1) is 25.3. The number of aromatic amines is 1. The van der Waals surface area contributed by atoms with Crippen molar-refractivity contribution >= 4 is 22.8 Å². The fourth-order valence-corrected chi connectivity index (χ4v) is 5.22. The van der Waals surface area contributed by atoms with E-state index in [4.69, 9.17) is 9.47 Å². The van der Waals surface area contributed by atoms with Crippen LogP contribution in [0.2, 0.25) is 0 Å². The van der Waals surface area contributed by atoms with Gasteiger partial charge >= 0.3 is 0 Å². The number of benzene rings is 1. The van der Waals surface area contributed by atoms with Gasteiger partial charge in [-0.25, -0.2) is 0 Å². The van der Waals surface area contributed by atoms with Crippen molar-refractivity contribution in [2.45, 2.75) is 64.5 Å². The monoisotopic (exact) mass is 504 g/mol. The van der Waals surface area contributed by atoms with Gasteiger partial charge in [0.1, 0.15) is 17.9 Å². The van der Waals surface area contributed by atoms with Crippen LogP contribution in [0, 0.1) is 19.8 Å². The number of fused-ring (bicyclic) bond motifs is 1. The Morgan fingerprint density at radius 2 is 1.73 bits per heavy atom. The summed E-state index contributed by atoms with van der Waals surface area (Å²) in [7, 11) is 1.51. The number of hydrogen-bond acceptors (Lipinski definition) is 5. The van der Waals surface area contributed by atoms with Crippen LogP contribution in [-0.2, 0) is 9.53 Å². The summed E-state index contributed by atoms with van der Waals surface area (Å²) in [5.74, 6) is 1.31. The number of amides is 2. The van der Waals surface area contributed by atoms with Gasteiger partial charge in [0.05, 0.1) is 17.7 Å². The molecule has 196 valence electrons. The number of pyridine rings is 1. The number of carbonyl (C=O) groups is 2. The lowest BCUT2D eigenvalue weighted by Crippen LogP contribution is -2.44. The van der Waals surface area contributed by atoms with Crippen molar-refractivity contribution in [2.75, 3.05) is 20.3 Å². The minimum Gasteiger partial charge on any atom is -0.493 e. The minimum absolute atomic E-state index is 0.0646. The van der Waals surface area contributed by atoms with E-state index in [-0.39, 0.29) is 30.5 Å². The van der Waals surface area contributed by atoms with E-state index in [9.17, 15) is 9.59 Å². The molecule has 37 heavy (non-hydrogen) atoms. The van der Waals surface area contributed by atoms with E-state index in [0.29, 0.717) is 17.0 Å². The molecule has 2 amide bonds. The number of aryl methyl sites for hydroxylation is 2. The molecule has 5 rings (SSSR count). The Morgan fingerprint density at radius 1 is 1.00 bits per heavy atom. The molecular weight excluding hydrogens is 468 g/mol.